The Balaban J connectivity index is 1.01. The summed E-state index contributed by atoms with van der Waals surface area (Å²) in [5.74, 6) is 2.09. The highest BCUT2D eigenvalue weighted by molar-refractivity contribution is 5.80. The van der Waals surface area contributed by atoms with E-state index in [0.29, 0.717) is 24.3 Å². The van der Waals surface area contributed by atoms with Crippen molar-refractivity contribution >= 4 is 28.7 Å². The molecule has 1 aliphatic carbocycles. The van der Waals surface area contributed by atoms with Gasteiger partial charge in [-0.25, -0.2) is 15.0 Å². The zero-order chi connectivity index (χ0) is 28.5. The van der Waals surface area contributed by atoms with Crippen LogP contribution in [-0.4, -0.2) is 84.8 Å². The fourth-order valence-electron chi connectivity index (χ4n) is 6.85. The van der Waals surface area contributed by atoms with Crippen LogP contribution in [0.3, 0.4) is 0 Å². The van der Waals surface area contributed by atoms with Gasteiger partial charge in [0.05, 0.1) is 36.8 Å². The van der Waals surface area contributed by atoms with Gasteiger partial charge in [0.2, 0.25) is 0 Å². The number of benzene rings is 2. The normalized spacial score (nSPS) is 22.5. The van der Waals surface area contributed by atoms with Crippen molar-refractivity contribution in [1.82, 2.24) is 19.8 Å². The summed E-state index contributed by atoms with van der Waals surface area (Å²) in [6.45, 7) is 7.53. The Morgan fingerprint density at radius 2 is 1.57 bits per heavy atom. The second-order valence-corrected chi connectivity index (χ2v) is 11.9. The van der Waals surface area contributed by atoms with Crippen LogP contribution in [0.2, 0.25) is 0 Å². The highest BCUT2D eigenvalue weighted by atomic mass is 16.7. The molecule has 3 aromatic rings. The lowest BCUT2D eigenvalue weighted by molar-refractivity contribution is 0.0809. The van der Waals surface area contributed by atoms with Crippen molar-refractivity contribution in [3.8, 4) is 5.75 Å². The molecule has 4 heterocycles. The van der Waals surface area contributed by atoms with E-state index in [4.69, 9.17) is 15.3 Å². The summed E-state index contributed by atoms with van der Waals surface area (Å²) >= 11 is 0. The van der Waals surface area contributed by atoms with Crippen LogP contribution in [0.25, 0.3) is 0 Å². The molecule has 4 aliphatic rings. The maximum atomic E-state index is 6.65. The van der Waals surface area contributed by atoms with Crippen LogP contribution in [-0.2, 0) is 4.84 Å². The van der Waals surface area contributed by atoms with Crippen molar-refractivity contribution in [2.75, 3.05) is 74.0 Å². The van der Waals surface area contributed by atoms with E-state index in [1.54, 1.807) is 13.4 Å². The SMILES string of the molecule is COc1cc(N2CCC(N3CCN(C4CC4)CC3)CC2)c(N)cc1Nc1cc(N2OCCC2c2ccccc2)ncn1. The number of piperazine rings is 1. The number of anilines is 5. The molecule has 42 heavy (non-hydrogen) atoms. The van der Waals surface area contributed by atoms with Crippen LogP contribution in [0.1, 0.15) is 43.7 Å². The van der Waals surface area contributed by atoms with Gasteiger partial charge in [0.25, 0.3) is 0 Å². The number of aromatic nitrogens is 2. The molecule has 0 spiro atoms. The molecule has 3 saturated heterocycles. The smallest absolute Gasteiger partial charge is 0.158 e. The van der Waals surface area contributed by atoms with Crippen molar-refractivity contribution in [2.45, 2.75) is 50.2 Å². The van der Waals surface area contributed by atoms with E-state index < -0.39 is 0 Å². The number of piperidine rings is 1. The van der Waals surface area contributed by atoms with Crippen molar-refractivity contribution in [3.05, 3.63) is 60.4 Å². The number of rotatable bonds is 8. The quantitative estimate of drug-likeness (QED) is 0.379. The molecule has 4 fully saturated rings. The molecule has 222 valence electrons. The van der Waals surface area contributed by atoms with Crippen molar-refractivity contribution in [1.29, 1.82) is 0 Å². The van der Waals surface area contributed by atoms with E-state index in [1.165, 1.54) is 44.6 Å². The van der Waals surface area contributed by atoms with Crippen LogP contribution in [0.4, 0.5) is 28.7 Å². The zero-order valence-electron chi connectivity index (χ0n) is 24.5. The lowest BCUT2D eigenvalue weighted by atomic mass is 10.0. The first-order valence-corrected chi connectivity index (χ1v) is 15.4. The molecule has 0 radical (unpaired) electrons. The van der Waals surface area contributed by atoms with Gasteiger partial charge in [-0.05, 0) is 37.3 Å². The van der Waals surface area contributed by atoms with Crippen LogP contribution >= 0.6 is 0 Å². The molecule has 10 heteroatoms. The minimum atomic E-state index is 0.106. The van der Waals surface area contributed by atoms with E-state index in [0.717, 1.165) is 61.2 Å². The topological polar surface area (TPSA) is 95.2 Å². The van der Waals surface area contributed by atoms with E-state index >= 15 is 0 Å². The number of hydroxylamine groups is 1. The Morgan fingerprint density at radius 3 is 2.26 bits per heavy atom. The molecule has 10 nitrogen and oxygen atoms in total. The number of nitrogen functional groups attached to an aromatic ring is 1. The van der Waals surface area contributed by atoms with Gasteiger partial charge in [-0.1, -0.05) is 30.3 Å². The van der Waals surface area contributed by atoms with Crippen LogP contribution in [0.15, 0.2) is 54.9 Å². The first kappa shape index (κ1) is 27.2. The number of methoxy groups -OCH3 is 1. The van der Waals surface area contributed by atoms with Gasteiger partial charge in [-0.15, -0.1) is 0 Å². The molecule has 3 aliphatic heterocycles. The average Bonchev–Trinajstić information content (AvgIpc) is 3.78. The number of hydrogen-bond donors (Lipinski definition) is 2. The van der Waals surface area contributed by atoms with E-state index in [1.807, 2.05) is 23.3 Å². The highest BCUT2D eigenvalue weighted by Crippen LogP contribution is 2.39. The van der Waals surface area contributed by atoms with Gasteiger partial charge in [-0.2, -0.15) is 0 Å². The first-order chi connectivity index (χ1) is 20.7. The van der Waals surface area contributed by atoms with Crippen molar-refractivity contribution in [3.63, 3.8) is 0 Å². The predicted octanol–water partition coefficient (Wildman–Crippen LogP) is 4.44. The van der Waals surface area contributed by atoms with Gasteiger partial charge in [0, 0.05) is 69.9 Å². The second-order valence-electron chi connectivity index (χ2n) is 11.9. The van der Waals surface area contributed by atoms with E-state index in [2.05, 4.69) is 60.3 Å². The molecule has 0 bridgehead atoms. The molecule has 3 N–H and O–H groups in total. The zero-order valence-corrected chi connectivity index (χ0v) is 24.5. The third-order valence-corrected chi connectivity index (χ3v) is 9.31. The van der Waals surface area contributed by atoms with Gasteiger partial charge < -0.3 is 20.7 Å². The Hall–Kier alpha value is -3.60. The second kappa shape index (κ2) is 11.9. The monoisotopic (exact) mass is 570 g/mol. The summed E-state index contributed by atoms with van der Waals surface area (Å²) in [7, 11) is 1.70. The predicted molar refractivity (Wildman–Crippen MR) is 166 cm³/mol. The third-order valence-electron chi connectivity index (χ3n) is 9.31. The molecule has 0 amide bonds. The first-order valence-electron chi connectivity index (χ1n) is 15.4. The molecular formula is C32H42N8O2. The van der Waals surface area contributed by atoms with Crippen LogP contribution in [0, 0.1) is 0 Å². The van der Waals surface area contributed by atoms with Crippen LogP contribution < -0.4 is 25.8 Å². The molecule has 1 aromatic heterocycles. The van der Waals surface area contributed by atoms with Gasteiger partial charge in [0.1, 0.15) is 17.9 Å². The standard InChI is InChI=1S/C32H42N8O2/c1-41-30-20-29(39-12-9-25(10-13-39)38-16-14-37(15-17-38)24-7-8-24)26(33)19-27(30)36-31-21-32(35-22-34-31)40-28(11-18-42-40)23-5-3-2-4-6-23/h2-6,19-22,24-25,28H,7-18,33H2,1H3,(H,34,35,36). The van der Waals surface area contributed by atoms with Crippen LogP contribution in [0.5, 0.6) is 5.75 Å². The van der Waals surface area contributed by atoms with E-state index in [9.17, 15) is 0 Å². The maximum absolute atomic E-state index is 6.65. The highest BCUT2D eigenvalue weighted by Gasteiger charge is 2.34. The number of hydrogen-bond acceptors (Lipinski definition) is 10. The summed E-state index contributed by atoms with van der Waals surface area (Å²) in [4.78, 5) is 22.8. The molecule has 1 atom stereocenters. The van der Waals surface area contributed by atoms with Crippen molar-refractivity contribution in [2.24, 2.45) is 0 Å². The number of nitrogens with one attached hydrogen (secondary N) is 1. The number of nitrogens with zero attached hydrogens (tertiary/aromatic N) is 6. The lowest BCUT2D eigenvalue weighted by Gasteiger charge is -2.43. The fraction of sp³-hybridized carbons (Fsp3) is 0.500. The Morgan fingerprint density at radius 1 is 0.857 bits per heavy atom. The molecule has 1 saturated carbocycles. The Labute approximate surface area is 248 Å². The largest absolute Gasteiger partial charge is 0.494 e. The fourth-order valence-corrected chi connectivity index (χ4v) is 6.85. The van der Waals surface area contributed by atoms with Gasteiger partial charge in [0.15, 0.2) is 5.82 Å². The molecular weight excluding hydrogens is 528 g/mol. The third kappa shape index (κ3) is 5.71. The number of nitrogens with two attached hydrogens (primary N) is 1. The minimum Gasteiger partial charge on any atom is -0.494 e. The summed E-state index contributed by atoms with van der Waals surface area (Å²) in [5.41, 5.74) is 10.4. The van der Waals surface area contributed by atoms with Gasteiger partial charge >= 0.3 is 0 Å². The Bertz CT molecular complexity index is 1350. The molecule has 2 aromatic carbocycles. The number of ether oxygens (including phenoxy) is 1. The lowest BCUT2D eigenvalue weighted by Crippen LogP contribution is -2.53. The van der Waals surface area contributed by atoms with Gasteiger partial charge in [-0.3, -0.25) is 14.6 Å². The summed E-state index contributed by atoms with van der Waals surface area (Å²) < 4.78 is 5.82. The minimum absolute atomic E-state index is 0.106. The summed E-state index contributed by atoms with van der Waals surface area (Å²) in [5, 5.41) is 5.29. The molecule has 1 unspecified atom stereocenters. The summed E-state index contributed by atoms with van der Waals surface area (Å²) in [6, 6.07) is 18.0. The average molecular weight is 571 g/mol. The van der Waals surface area contributed by atoms with Crippen molar-refractivity contribution < 1.29 is 9.57 Å². The maximum Gasteiger partial charge on any atom is 0.158 e. The van der Waals surface area contributed by atoms with E-state index in [-0.39, 0.29) is 6.04 Å². The molecule has 7 rings (SSSR count). The summed E-state index contributed by atoms with van der Waals surface area (Å²) in [6.07, 6.45) is 7.59. The Kier molecular flexibility index (Phi) is 7.75.